The van der Waals surface area contributed by atoms with Gasteiger partial charge in [0.15, 0.2) is 11.5 Å². The van der Waals surface area contributed by atoms with Crippen molar-refractivity contribution in [3.63, 3.8) is 0 Å². The number of imidazole rings is 1. The molecule has 0 bridgehead atoms. The highest BCUT2D eigenvalue weighted by molar-refractivity contribution is 5.95. The number of nitrogens with zero attached hydrogens (tertiary/aromatic N) is 4. The summed E-state index contributed by atoms with van der Waals surface area (Å²) in [5.41, 5.74) is 5.44. The molecule has 7 heteroatoms. The van der Waals surface area contributed by atoms with Gasteiger partial charge < -0.3 is 15.2 Å². The zero-order chi connectivity index (χ0) is 17.6. The number of fused-ring (bicyclic) bond motifs is 2. The van der Waals surface area contributed by atoms with Crippen LogP contribution in [-0.4, -0.2) is 44.3 Å². The van der Waals surface area contributed by atoms with E-state index in [0.717, 1.165) is 34.4 Å². The molecule has 0 saturated carbocycles. The average molecular weight is 336 g/mol. The molecule has 3 aromatic rings. The highest BCUT2D eigenvalue weighted by Gasteiger charge is 2.30. The molecule has 0 fully saturated rings. The molecule has 0 unspecified atom stereocenters. The molecule has 0 aliphatic carbocycles. The lowest BCUT2D eigenvalue weighted by Gasteiger charge is -2.34. The Morgan fingerprint density at radius 3 is 3.04 bits per heavy atom. The summed E-state index contributed by atoms with van der Waals surface area (Å²) < 4.78 is 0. The van der Waals surface area contributed by atoms with E-state index < -0.39 is 0 Å². The Morgan fingerprint density at radius 2 is 2.24 bits per heavy atom. The summed E-state index contributed by atoms with van der Waals surface area (Å²) >= 11 is 0. The number of pyridine rings is 2. The molecule has 7 nitrogen and oxygen atoms in total. The Hall–Kier alpha value is -2.96. The van der Waals surface area contributed by atoms with Gasteiger partial charge in [-0.25, -0.2) is 9.97 Å². The van der Waals surface area contributed by atoms with Crippen LogP contribution in [0.2, 0.25) is 0 Å². The highest BCUT2D eigenvalue weighted by Crippen LogP contribution is 2.29. The van der Waals surface area contributed by atoms with Gasteiger partial charge in [-0.1, -0.05) is 6.07 Å². The molecular weight excluding hydrogens is 316 g/mol. The topological polar surface area (TPSA) is 86.8 Å². The van der Waals surface area contributed by atoms with Crippen LogP contribution in [0.15, 0.2) is 24.5 Å². The Morgan fingerprint density at radius 1 is 1.40 bits per heavy atom. The number of hydrogen-bond acceptors (Lipinski definition) is 5. The largest absolute Gasteiger partial charge is 0.387 e. The van der Waals surface area contributed by atoms with Gasteiger partial charge >= 0.3 is 0 Å². The van der Waals surface area contributed by atoms with E-state index in [1.807, 2.05) is 37.9 Å². The van der Waals surface area contributed by atoms with E-state index in [9.17, 15) is 4.79 Å². The summed E-state index contributed by atoms with van der Waals surface area (Å²) in [6, 6.07) is 3.92. The van der Waals surface area contributed by atoms with E-state index >= 15 is 0 Å². The number of aromatic nitrogens is 4. The molecule has 4 rings (SSSR count). The standard InChI is InChI=1S/C18H20N6O/c1-10-14(19-3)9-21-16-15(10)22-17(23-16)18(25)24-8-6-13-12(11(24)2)5-4-7-20-13/h4-5,7,9,11,19H,6,8H2,1-3H3,(H,21,22,23)/t11-/m1/s1. The molecule has 4 heterocycles. The van der Waals surface area contributed by atoms with Crippen molar-refractivity contribution in [1.82, 2.24) is 24.8 Å². The van der Waals surface area contributed by atoms with Gasteiger partial charge in [0, 0.05) is 37.5 Å². The van der Waals surface area contributed by atoms with Gasteiger partial charge in [0.05, 0.1) is 23.4 Å². The summed E-state index contributed by atoms with van der Waals surface area (Å²) in [4.78, 5) is 31.2. The van der Waals surface area contributed by atoms with Crippen molar-refractivity contribution in [3.05, 3.63) is 47.2 Å². The molecule has 0 radical (unpaired) electrons. The number of carbonyl (C=O) groups is 1. The predicted octanol–water partition coefficient (Wildman–Crippen LogP) is 2.46. The monoisotopic (exact) mass is 336 g/mol. The number of H-pyrrole nitrogens is 1. The van der Waals surface area contributed by atoms with Crippen LogP contribution in [0, 0.1) is 6.92 Å². The van der Waals surface area contributed by atoms with E-state index in [-0.39, 0.29) is 11.9 Å². The lowest BCUT2D eigenvalue weighted by atomic mass is 9.98. The molecule has 128 valence electrons. The number of rotatable bonds is 2. The van der Waals surface area contributed by atoms with Gasteiger partial charge in [-0.3, -0.25) is 9.78 Å². The zero-order valence-electron chi connectivity index (χ0n) is 14.5. The lowest BCUT2D eigenvalue weighted by Crippen LogP contribution is -2.39. The van der Waals surface area contributed by atoms with Gasteiger partial charge in [0.25, 0.3) is 5.91 Å². The molecule has 3 aromatic heterocycles. The van der Waals surface area contributed by atoms with Crippen LogP contribution in [0.25, 0.3) is 11.2 Å². The zero-order valence-corrected chi connectivity index (χ0v) is 14.5. The quantitative estimate of drug-likeness (QED) is 0.751. The summed E-state index contributed by atoms with van der Waals surface area (Å²) in [7, 11) is 1.85. The van der Waals surface area contributed by atoms with E-state index in [1.165, 1.54) is 0 Å². The molecule has 0 spiro atoms. The third-order valence-corrected chi connectivity index (χ3v) is 4.94. The summed E-state index contributed by atoms with van der Waals surface area (Å²) in [6.45, 7) is 4.64. The number of aromatic amines is 1. The summed E-state index contributed by atoms with van der Waals surface area (Å²) in [5, 5.41) is 3.09. The fourth-order valence-corrected chi connectivity index (χ4v) is 3.47. The number of hydrogen-bond donors (Lipinski definition) is 2. The first-order valence-corrected chi connectivity index (χ1v) is 8.38. The van der Waals surface area contributed by atoms with Gasteiger partial charge in [0.2, 0.25) is 0 Å². The van der Waals surface area contributed by atoms with Crippen molar-refractivity contribution in [2.45, 2.75) is 26.3 Å². The second-order valence-electron chi connectivity index (χ2n) is 6.29. The van der Waals surface area contributed by atoms with Crippen LogP contribution in [0.1, 0.15) is 40.4 Å². The van der Waals surface area contributed by atoms with Gasteiger partial charge in [-0.15, -0.1) is 0 Å². The molecule has 0 saturated heterocycles. The van der Waals surface area contributed by atoms with Crippen LogP contribution in [0.3, 0.4) is 0 Å². The van der Waals surface area contributed by atoms with E-state index in [4.69, 9.17) is 0 Å². The highest BCUT2D eigenvalue weighted by atomic mass is 16.2. The number of amides is 1. The Kier molecular flexibility index (Phi) is 3.63. The third-order valence-electron chi connectivity index (χ3n) is 4.94. The van der Waals surface area contributed by atoms with Gasteiger partial charge in [-0.05, 0) is 25.5 Å². The van der Waals surface area contributed by atoms with Crippen LogP contribution < -0.4 is 5.32 Å². The molecule has 1 aliphatic rings. The van der Waals surface area contributed by atoms with Crippen LogP contribution in [-0.2, 0) is 6.42 Å². The maximum Gasteiger partial charge on any atom is 0.290 e. The Bertz CT molecular complexity index is 963. The minimum Gasteiger partial charge on any atom is -0.387 e. The minimum absolute atomic E-state index is 0.0277. The molecule has 2 N–H and O–H groups in total. The number of nitrogens with one attached hydrogen (secondary N) is 2. The first-order valence-electron chi connectivity index (χ1n) is 8.38. The molecule has 25 heavy (non-hydrogen) atoms. The number of carbonyl (C=O) groups excluding carboxylic acids is 1. The third kappa shape index (κ3) is 2.43. The molecule has 1 aliphatic heterocycles. The van der Waals surface area contributed by atoms with Gasteiger partial charge in [-0.2, -0.15) is 0 Å². The minimum atomic E-state index is -0.106. The van der Waals surface area contributed by atoms with E-state index in [1.54, 1.807) is 12.4 Å². The second-order valence-corrected chi connectivity index (χ2v) is 6.29. The SMILES string of the molecule is CNc1cnc2nc(C(=O)N3CCc4ncccc4[C@H]3C)[nH]c2c1C. The Labute approximate surface area is 145 Å². The fraction of sp³-hybridized carbons (Fsp3) is 0.333. The Balaban J connectivity index is 1.70. The number of aryl methyl sites for hydroxylation is 1. The maximum absolute atomic E-state index is 13.0. The number of anilines is 1. The lowest BCUT2D eigenvalue weighted by molar-refractivity contribution is 0.0665. The van der Waals surface area contributed by atoms with Crippen molar-refractivity contribution in [2.24, 2.45) is 0 Å². The van der Waals surface area contributed by atoms with Crippen molar-refractivity contribution in [1.29, 1.82) is 0 Å². The molecule has 0 aromatic carbocycles. The molecule has 1 atom stereocenters. The fourth-order valence-electron chi connectivity index (χ4n) is 3.47. The normalized spacial score (nSPS) is 16.8. The van der Waals surface area contributed by atoms with Crippen molar-refractivity contribution < 1.29 is 4.79 Å². The van der Waals surface area contributed by atoms with E-state index in [2.05, 4.69) is 25.3 Å². The first-order chi connectivity index (χ1) is 12.1. The van der Waals surface area contributed by atoms with Gasteiger partial charge in [0.1, 0.15) is 0 Å². The molecule has 1 amide bonds. The maximum atomic E-state index is 13.0. The smallest absolute Gasteiger partial charge is 0.290 e. The first kappa shape index (κ1) is 15.6. The molecular formula is C18H20N6O. The second kappa shape index (κ2) is 5.84. The van der Waals surface area contributed by atoms with Crippen molar-refractivity contribution >= 4 is 22.8 Å². The van der Waals surface area contributed by atoms with Crippen molar-refractivity contribution in [2.75, 3.05) is 18.9 Å². The summed E-state index contributed by atoms with van der Waals surface area (Å²) in [5.74, 6) is 0.225. The average Bonchev–Trinajstić information content (AvgIpc) is 3.07. The van der Waals surface area contributed by atoms with Crippen LogP contribution in [0.4, 0.5) is 5.69 Å². The van der Waals surface area contributed by atoms with E-state index in [0.29, 0.717) is 18.0 Å². The predicted molar refractivity (Wildman–Crippen MR) is 95.6 cm³/mol. The van der Waals surface area contributed by atoms with Crippen LogP contribution >= 0.6 is 0 Å². The van der Waals surface area contributed by atoms with Crippen LogP contribution in [0.5, 0.6) is 0 Å². The van der Waals surface area contributed by atoms with Crippen molar-refractivity contribution in [3.8, 4) is 0 Å². The summed E-state index contributed by atoms with van der Waals surface area (Å²) in [6.07, 6.45) is 4.29.